The zero-order valence-electron chi connectivity index (χ0n) is 11.1. The topological polar surface area (TPSA) is 58.3 Å². The molecule has 1 aliphatic heterocycles. The molecule has 0 radical (unpaired) electrons. The van der Waals surface area contributed by atoms with Gasteiger partial charge in [0.05, 0.1) is 0 Å². The number of benzene rings is 1. The fourth-order valence-corrected chi connectivity index (χ4v) is 2.66. The zero-order valence-corrected chi connectivity index (χ0v) is 11.9. The van der Waals surface area contributed by atoms with E-state index < -0.39 is 0 Å². The summed E-state index contributed by atoms with van der Waals surface area (Å²) >= 11 is 0. The first-order valence-electron chi connectivity index (χ1n) is 6.36. The Morgan fingerprint density at radius 2 is 1.72 bits per heavy atom. The maximum atomic E-state index is 9.77. The summed E-state index contributed by atoms with van der Waals surface area (Å²) in [6.45, 7) is 5.99. The lowest BCUT2D eigenvalue weighted by Crippen LogP contribution is -2.33. The third-order valence-electron chi connectivity index (χ3n) is 3.79. The number of aryl methyl sites for hydroxylation is 2. The average molecular weight is 271 g/mol. The van der Waals surface area contributed by atoms with E-state index in [9.17, 15) is 5.11 Å². The molecule has 102 valence electrons. The average Bonchev–Trinajstić information content (AvgIpc) is 2.35. The van der Waals surface area contributed by atoms with Crippen LogP contribution in [0.25, 0.3) is 0 Å². The Kier molecular flexibility index (Phi) is 5.45. The number of hydrogen-bond donors (Lipinski definition) is 3. The molecule has 0 amide bonds. The van der Waals surface area contributed by atoms with Crippen molar-refractivity contribution in [2.75, 3.05) is 13.1 Å². The highest BCUT2D eigenvalue weighted by molar-refractivity contribution is 5.85. The molecule has 0 aromatic heterocycles. The highest BCUT2D eigenvalue weighted by Crippen LogP contribution is 2.31. The molecular formula is C14H23ClN2O. The minimum Gasteiger partial charge on any atom is -0.507 e. The van der Waals surface area contributed by atoms with Gasteiger partial charge in [0.2, 0.25) is 0 Å². The van der Waals surface area contributed by atoms with Crippen molar-refractivity contribution in [1.29, 1.82) is 0 Å². The van der Waals surface area contributed by atoms with Crippen molar-refractivity contribution in [3.8, 4) is 5.75 Å². The first kappa shape index (κ1) is 15.3. The van der Waals surface area contributed by atoms with Gasteiger partial charge in [-0.2, -0.15) is 0 Å². The molecule has 0 aliphatic carbocycles. The molecule has 1 aromatic carbocycles. The number of piperidine rings is 1. The van der Waals surface area contributed by atoms with Gasteiger partial charge in [0.1, 0.15) is 5.75 Å². The van der Waals surface area contributed by atoms with E-state index in [1.165, 1.54) is 0 Å². The molecule has 1 atom stereocenters. The van der Waals surface area contributed by atoms with E-state index in [0.29, 0.717) is 11.7 Å². The monoisotopic (exact) mass is 270 g/mol. The Balaban J connectivity index is 0.00000162. The van der Waals surface area contributed by atoms with E-state index in [1.54, 1.807) is 0 Å². The van der Waals surface area contributed by atoms with Crippen LogP contribution < -0.4 is 11.1 Å². The fourth-order valence-electron chi connectivity index (χ4n) is 2.66. The van der Waals surface area contributed by atoms with Crippen LogP contribution in [0, 0.1) is 19.8 Å². The predicted molar refractivity (Wildman–Crippen MR) is 77.4 cm³/mol. The number of halogens is 1. The van der Waals surface area contributed by atoms with Gasteiger partial charge in [0.25, 0.3) is 0 Å². The number of hydrogen-bond acceptors (Lipinski definition) is 3. The van der Waals surface area contributed by atoms with Crippen LogP contribution in [0.3, 0.4) is 0 Å². The van der Waals surface area contributed by atoms with Crippen molar-refractivity contribution in [3.05, 3.63) is 28.8 Å². The minimum absolute atomic E-state index is 0. The normalized spacial score (nSPS) is 18.2. The maximum Gasteiger partial charge on any atom is 0.121 e. The molecule has 4 N–H and O–H groups in total. The van der Waals surface area contributed by atoms with E-state index in [2.05, 4.69) is 5.32 Å². The van der Waals surface area contributed by atoms with Crippen LogP contribution in [0.5, 0.6) is 5.75 Å². The van der Waals surface area contributed by atoms with Gasteiger partial charge in [-0.15, -0.1) is 12.4 Å². The van der Waals surface area contributed by atoms with Crippen LogP contribution in [-0.2, 0) is 0 Å². The predicted octanol–water partition coefficient (Wildman–Crippen LogP) is 2.43. The summed E-state index contributed by atoms with van der Waals surface area (Å²) in [7, 11) is 0. The first-order chi connectivity index (χ1) is 8.09. The molecule has 1 saturated heterocycles. The molecule has 0 unspecified atom stereocenters. The maximum absolute atomic E-state index is 9.77. The summed E-state index contributed by atoms with van der Waals surface area (Å²) in [5.41, 5.74) is 9.35. The van der Waals surface area contributed by atoms with Crippen LogP contribution >= 0.6 is 12.4 Å². The van der Waals surface area contributed by atoms with E-state index in [1.807, 2.05) is 26.0 Å². The molecule has 1 aliphatic rings. The quantitative estimate of drug-likeness (QED) is 0.774. The number of phenolic OH excluding ortho intramolecular Hbond substituents is 1. The van der Waals surface area contributed by atoms with Gasteiger partial charge in [-0.05, 0) is 62.4 Å². The lowest BCUT2D eigenvalue weighted by Gasteiger charge is -2.28. The van der Waals surface area contributed by atoms with E-state index in [4.69, 9.17) is 5.73 Å². The molecule has 3 nitrogen and oxygen atoms in total. The Hall–Kier alpha value is -0.770. The molecule has 1 fully saturated rings. The van der Waals surface area contributed by atoms with Crippen LogP contribution in [0.4, 0.5) is 0 Å². The second-order valence-electron chi connectivity index (χ2n) is 5.12. The molecule has 0 saturated carbocycles. The second-order valence-corrected chi connectivity index (χ2v) is 5.12. The summed E-state index contributed by atoms with van der Waals surface area (Å²) in [6.07, 6.45) is 2.28. The summed E-state index contributed by atoms with van der Waals surface area (Å²) in [4.78, 5) is 0. The van der Waals surface area contributed by atoms with Crippen molar-refractivity contribution < 1.29 is 5.11 Å². The molecule has 1 aromatic rings. The molecule has 18 heavy (non-hydrogen) atoms. The van der Waals surface area contributed by atoms with Crippen molar-refractivity contribution >= 4 is 12.4 Å². The summed E-state index contributed by atoms with van der Waals surface area (Å²) < 4.78 is 0. The third kappa shape index (κ3) is 3.16. The zero-order chi connectivity index (χ0) is 12.4. The summed E-state index contributed by atoms with van der Waals surface area (Å²) in [6, 6.07) is 4.14. The first-order valence-corrected chi connectivity index (χ1v) is 6.36. The number of nitrogens with one attached hydrogen (secondary N) is 1. The number of aromatic hydroxyl groups is 1. The molecule has 1 heterocycles. The Bertz CT molecular complexity index is 380. The second kappa shape index (κ2) is 6.41. The van der Waals surface area contributed by atoms with Crippen LogP contribution in [-0.4, -0.2) is 18.2 Å². The van der Waals surface area contributed by atoms with Crippen molar-refractivity contribution in [2.45, 2.75) is 32.7 Å². The molecule has 0 bridgehead atoms. The number of phenols is 1. The highest BCUT2D eigenvalue weighted by atomic mass is 35.5. The van der Waals surface area contributed by atoms with Gasteiger partial charge in [0.15, 0.2) is 0 Å². The SMILES string of the molecule is Cc1cc([C@H](N)C2CCNCC2)cc(C)c1O.Cl. The highest BCUT2D eigenvalue weighted by Gasteiger charge is 2.22. The fraction of sp³-hybridized carbons (Fsp3) is 0.571. The van der Waals surface area contributed by atoms with Crippen molar-refractivity contribution in [2.24, 2.45) is 11.7 Å². The van der Waals surface area contributed by atoms with Crippen LogP contribution in [0.2, 0.25) is 0 Å². The van der Waals surface area contributed by atoms with Gasteiger partial charge in [0, 0.05) is 6.04 Å². The number of rotatable bonds is 2. The molecule has 0 spiro atoms. The Labute approximate surface area is 115 Å². The van der Waals surface area contributed by atoms with Gasteiger partial charge < -0.3 is 16.2 Å². The van der Waals surface area contributed by atoms with Gasteiger partial charge in [-0.25, -0.2) is 0 Å². The van der Waals surface area contributed by atoms with Crippen molar-refractivity contribution in [3.63, 3.8) is 0 Å². The number of nitrogens with two attached hydrogens (primary N) is 1. The van der Waals surface area contributed by atoms with E-state index >= 15 is 0 Å². The van der Waals surface area contributed by atoms with Gasteiger partial charge in [-0.1, -0.05) is 12.1 Å². The van der Waals surface area contributed by atoms with E-state index in [-0.39, 0.29) is 18.4 Å². The summed E-state index contributed by atoms with van der Waals surface area (Å²) in [5, 5.41) is 13.1. The van der Waals surface area contributed by atoms with Gasteiger partial charge in [-0.3, -0.25) is 0 Å². The summed E-state index contributed by atoms with van der Waals surface area (Å²) in [5.74, 6) is 0.950. The standard InChI is InChI=1S/C14H22N2O.ClH/c1-9-7-12(8-10(2)14(9)17)13(15)11-3-5-16-6-4-11;/h7-8,11,13,16-17H,3-6,15H2,1-2H3;1H/t13-;/m1./s1. The lowest BCUT2D eigenvalue weighted by atomic mass is 9.85. The smallest absolute Gasteiger partial charge is 0.121 e. The molecular weight excluding hydrogens is 248 g/mol. The Morgan fingerprint density at radius 3 is 2.22 bits per heavy atom. The minimum atomic E-state index is 0. The molecule has 4 heteroatoms. The van der Waals surface area contributed by atoms with Crippen molar-refractivity contribution in [1.82, 2.24) is 5.32 Å². The van der Waals surface area contributed by atoms with Crippen LogP contribution in [0.15, 0.2) is 12.1 Å². The largest absolute Gasteiger partial charge is 0.507 e. The van der Waals surface area contributed by atoms with E-state index in [0.717, 1.165) is 42.6 Å². The van der Waals surface area contributed by atoms with Gasteiger partial charge >= 0.3 is 0 Å². The lowest BCUT2D eigenvalue weighted by molar-refractivity contribution is 0.322. The Morgan fingerprint density at radius 1 is 1.22 bits per heavy atom. The third-order valence-corrected chi connectivity index (χ3v) is 3.79. The molecule has 2 rings (SSSR count). The van der Waals surface area contributed by atoms with Crippen LogP contribution in [0.1, 0.15) is 35.6 Å².